The fraction of sp³-hybridized carbons (Fsp3) is 0.360. The molecule has 2 aliphatic rings. The van der Waals surface area contributed by atoms with E-state index < -0.39 is 0 Å². The highest BCUT2D eigenvalue weighted by Gasteiger charge is 2.23. The number of hydrogen-bond acceptors (Lipinski definition) is 4. The van der Waals surface area contributed by atoms with Gasteiger partial charge < -0.3 is 14.2 Å². The predicted octanol–water partition coefficient (Wildman–Crippen LogP) is 4.41. The second-order valence-electron chi connectivity index (χ2n) is 8.16. The number of carbonyl (C=O) groups is 1. The SMILES string of the molecule is O=C(CSc1ncc(-c2ccccc2)n1CC1CCCO1)N1CCc2ccccc2C1. The molecule has 2 aromatic carbocycles. The molecule has 3 aromatic rings. The van der Waals surface area contributed by atoms with Gasteiger partial charge in [-0.1, -0.05) is 66.4 Å². The summed E-state index contributed by atoms with van der Waals surface area (Å²) in [4.78, 5) is 19.6. The number of amides is 1. The van der Waals surface area contributed by atoms with Crippen LogP contribution in [0.1, 0.15) is 24.0 Å². The zero-order valence-corrected chi connectivity index (χ0v) is 18.4. The van der Waals surface area contributed by atoms with Crippen molar-refractivity contribution in [3.05, 3.63) is 71.9 Å². The van der Waals surface area contributed by atoms with Crippen LogP contribution in [0.2, 0.25) is 0 Å². The molecule has 2 aliphatic heterocycles. The molecule has 31 heavy (non-hydrogen) atoms. The molecule has 5 nitrogen and oxygen atoms in total. The van der Waals surface area contributed by atoms with Crippen LogP contribution in [0.5, 0.6) is 0 Å². The summed E-state index contributed by atoms with van der Waals surface area (Å²) in [6, 6.07) is 18.7. The van der Waals surface area contributed by atoms with Gasteiger partial charge in [-0.2, -0.15) is 0 Å². The van der Waals surface area contributed by atoms with Gasteiger partial charge in [0, 0.05) is 19.7 Å². The van der Waals surface area contributed by atoms with Crippen molar-refractivity contribution in [2.24, 2.45) is 0 Å². The Hall–Kier alpha value is -2.57. The van der Waals surface area contributed by atoms with E-state index in [4.69, 9.17) is 4.74 Å². The lowest BCUT2D eigenvalue weighted by Crippen LogP contribution is -2.37. The molecule has 1 fully saturated rings. The summed E-state index contributed by atoms with van der Waals surface area (Å²) in [6.45, 7) is 3.10. The smallest absolute Gasteiger partial charge is 0.233 e. The lowest BCUT2D eigenvalue weighted by Gasteiger charge is -2.28. The Balaban J connectivity index is 1.30. The number of rotatable bonds is 6. The number of benzene rings is 2. The summed E-state index contributed by atoms with van der Waals surface area (Å²) >= 11 is 1.53. The van der Waals surface area contributed by atoms with Crippen molar-refractivity contribution in [2.45, 2.75) is 43.6 Å². The Morgan fingerprint density at radius 3 is 2.71 bits per heavy atom. The second-order valence-corrected chi connectivity index (χ2v) is 9.10. The zero-order chi connectivity index (χ0) is 21.0. The summed E-state index contributed by atoms with van der Waals surface area (Å²) in [6.07, 6.45) is 5.25. The lowest BCUT2D eigenvalue weighted by atomic mass is 10.00. The topological polar surface area (TPSA) is 47.4 Å². The standard InChI is InChI=1S/C25H27N3O2S/c29-24(27-13-12-19-7-4-5-10-21(19)16-27)18-31-25-26-15-23(20-8-2-1-3-9-20)28(25)17-22-11-6-14-30-22/h1-5,7-10,15,22H,6,11-14,16-18H2. The van der Waals surface area contributed by atoms with Gasteiger partial charge in [-0.25, -0.2) is 4.98 Å². The maximum atomic E-state index is 13.0. The molecule has 0 aliphatic carbocycles. The maximum absolute atomic E-state index is 13.0. The molecule has 5 rings (SSSR count). The summed E-state index contributed by atoms with van der Waals surface area (Å²) in [5.41, 5.74) is 4.84. The first kappa shape index (κ1) is 20.3. The molecule has 1 unspecified atom stereocenters. The Labute approximate surface area is 187 Å². The third-order valence-corrected chi connectivity index (χ3v) is 7.08. The van der Waals surface area contributed by atoms with Gasteiger partial charge in [-0.05, 0) is 36.0 Å². The highest BCUT2D eigenvalue weighted by atomic mass is 32.2. The van der Waals surface area contributed by atoms with Crippen molar-refractivity contribution < 1.29 is 9.53 Å². The number of nitrogens with zero attached hydrogens (tertiary/aromatic N) is 3. The maximum Gasteiger partial charge on any atom is 0.233 e. The van der Waals surface area contributed by atoms with Crippen molar-refractivity contribution in [1.82, 2.24) is 14.5 Å². The highest BCUT2D eigenvalue weighted by molar-refractivity contribution is 7.99. The van der Waals surface area contributed by atoms with Gasteiger partial charge in [-0.15, -0.1) is 0 Å². The molecule has 1 atom stereocenters. The Morgan fingerprint density at radius 2 is 1.90 bits per heavy atom. The molecule has 3 heterocycles. The molecule has 0 spiro atoms. The number of hydrogen-bond donors (Lipinski definition) is 0. The minimum atomic E-state index is 0.174. The average molecular weight is 434 g/mol. The van der Waals surface area contributed by atoms with E-state index in [1.165, 1.54) is 22.9 Å². The van der Waals surface area contributed by atoms with Gasteiger partial charge in [-0.3, -0.25) is 4.79 Å². The van der Waals surface area contributed by atoms with Crippen molar-refractivity contribution >= 4 is 17.7 Å². The quantitative estimate of drug-likeness (QED) is 0.541. The molecule has 1 saturated heterocycles. The minimum absolute atomic E-state index is 0.174. The van der Waals surface area contributed by atoms with E-state index in [1.54, 1.807) is 0 Å². The Morgan fingerprint density at radius 1 is 1.10 bits per heavy atom. The van der Waals surface area contributed by atoms with Crippen LogP contribution in [0, 0.1) is 0 Å². The van der Waals surface area contributed by atoms with Crippen LogP contribution in [-0.4, -0.2) is 45.4 Å². The molecular weight excluding hydrogens is 406 g/mol. The van der Waals surface area contributed by atoms with Crippen LogP contribution in [-0.2, 0) is 29.0 Å². The van der Waals surface area contributed by atoms with Gasteiger partial charge in [0.15, 0.2) is 5.16 Å². The third kappa shape index (κ3) is 4.55. The van der Waals surface area contributed by atoms with Crippen molar-refractivity contribution in [1.29, 1.82) is 0 Å². The summed E-state index contributed by atoms with van der Waals surface area (Å²) < 4.78 is 8.12. The first-order chi connectivity index (χ1) is 15.3. The van der Waals surface area contributed by atoms with Crippen LogP contribution in [0.15, 0.2) is 66.0 Å². The number of thioether (sulfide) groups is 1. The van der Waals surface area contributed by atoms with Gasteiger partial charge in [0.25, 0.3) is 0 Å². The van der Waals surface area contributed by atoms with Crippen LogP contribution in [0.25, 0.3) is 11.3 Å². The summed E-state index contributed by atoms with van der Waals surface area (Å²) in [5, 5.41) is 0.889. The number of imidazole rings is 1. The molecule has 160 valence electrons. The van der Waals surface area contributed by atoms with Crippen LogP contribution in [0.3, 0.4) is 0 Å². The van der Waals surface area contributed by atoms with Crippen molar-refractivity contribution in [3.8, 4) is 11.3 Å². The van der Waals surface area contributed by atoms with Gasteiger partial charge in [0.1, 0.15) is 0 Å². The highest BCUT2D eigenvalue weighted by Crippen LogP contribution is 2.29. The van der Waals surface area contributed by atoms with Crippen LogP contribution < -0.4 is 0 Å². The normalized spacial score (nSPS) is 18.2. The second kappa shape index (κ2) is 9.28. The van der Waals surface area contributed by atoms with E-state index in [-0.39, 0.29) is 12.0 Å². The predicted molar refractivity (Wildman–Crippen MR) is 123 cm³/mol. The molecule has 0 radical (unpaired) electrons. The third-order valence-electron chi connectivity index (χ3n) is 6.11. The number of carbonyl (C=O) groups excluding carboxylic acids is 1. The first-order valence-electron chi connectivity index (χ1n) is 11.0. The van der Waals surface area contributed by atoms with Gasteiger partial charge >= 0.3 is 0 Å². The molecule has 0 saturated carbocycles. The molecule has 6 heteroatoms. The van der Waals surface area contributed by atoms with E-state index in [9.17, 15) is 4.79 Å². The van der Waals surface area contributed by atoms with Gasteiger partial charge in [0.05, 0.1) is 30.3 Å². The Bertz CT molecular complexity index is 1040. The van der Waals surface area contributed by atoms with Crippen molar-refractivity contribution in [2.75, 3.05) is 18.9 Å². The van der Waals surface area contributed by atoms with Crippen LogP contribution in [0.4, 0.5) is 0 Å². The molecule has 1 aromatic heterocycles. The summed E-state index contributed by atoms with van der Waals surface area (Å²) in [7, 11) is 0. The fourth-order valence-corrected chi connectivity index (χ4v) is 5.30. The monoisotopic (exact) mass is 433 g/mol. The Kier molecular flexibility index (Phi) is 6.09. The number of ether oxygens (including phenoxy) is 1. The molecule has 0 bridgehead atoms. The first-order valence-corrected chi connectivity index (χ1v) is 12.0. The average Bonchev–Trinajstić information content (AvgIpc) is 3.48. The van der Waals surface area contributed by atoms with E-state index in [0.29, 0.717) is 12.3 Å². The van der Waals surface area contributed by atoms with E-state index in [2.05, 4.69) is 45.9 Å². The summed E-state index contributed by atoms with van der Waals surface area (Å²) in [5.74, 6) is 0.575. The molecule has 0 N–H and O–H groups in total. The van der Waals surface area contributed by atoms with Crippen LogP contribution >= 0.6 is 11.8 Å². The van der Waals surface area contributed by atoms with E-state index in [1.807, 2.05) is 29.3 Å². The van der Waals surface area contributed by atoms with Gasteiger partial charge in [0.2, 0.25) is 5.91 Å². The van der Waals surface area contributed by atoms with E-state index >= 15 is 0 Å². The zero-order valence-electron chi connectivity index (χ0n) is 17.6. The van der Waals surface area contributed by atoms with E-state index in [0.717, 1.165) is 55.4 Å². The lowest BCUT2D eigenvalue weighted by molar-refractivity contribution is -0.129. The molecule has 1 amide bonds. The number of aromatic nitrogens is 2. The minimum Gasteiger partial charge on any atom is -0.376 e. The van der Waals surface area contributed by atoms with Crippen molar-refractivity contribution in [3.63, 3.8) is 0 Å². The molecular formula is C25H27N3O2S. The number of fused-ring (bicyclic) bond motifs is 1. The largest absolute Gasteiger partial charge is 0.376 e. The fourth-order valence-electron chi connectivity index (χ4n) is 4.41.